The van der Waals surface area contributed by atoms with E-state index in [-0.39, 0.29) is 0 Å². The topological polar surface area (TPSA) is 0 Å². The maximum Gasteiger partial charge on any atom is -0.0272 e. The van der Waals surface area contributed by atoms with Gasteiger partial charge < -0.3 is 0 Å². The van der Waals surface area contributed by atoms with Crippen LogP contribution in [-0.2, 0) is 0 Å². The molecule has 0 heteroatoms. The zero-order chi connectivity index (χ0) is 10.6. The first-order chi connectivity index (χ1) is 6.81. The maximum atomic E-state index is 3.57. The molecule has 1 unspecified atom stereocenters. The minimum Gasteiger partial charge on any atom is -0.133 e. The largest absolute Gasteiger partial charge is 0.133 e. The van der Waals surface area contributed by atoms with E-state index in [1.165, 1.54) is 44.9 Å². The van der Waals surface area contributed by atoms with Gasteiger partial charge in [0.05, 0.1) is 0 Å². The molecule has 0 aromatic carbocycles. The fourth-order valence-electron chi connectivity index (χ4n) is 1.71. The minimum atomic E-state index is 0.876. The van der Waals surface area contributed by atoms with Crippen molar-refractivity contribution >= 4 is 0 Å². The maximum absolute atomic E-state index is 3.57. The summed E-state index contributed by atoms with van der Waals surface area (Å²) >= 11 is 0. The summed E-state index contributed by atoms with van der Waals surface area (Å²) in [5.74, 6) is 0.876. The van der Waals surface area contributed by atoms with Crippen LogP contribution in [0.25, 0.3) is 0 Å². The summed E-state index contributed by atoms with van der Waals surface area (Å²) in [6.07, 6.45) is 12.9. The summed E-state index contributed by atoms with van der Waals surface area (Å²) in [7, 11) is 0. The lowest BCUT2D eigenvalue weighted by Gasteiger charge is -2.08. The Morgan fingerprint density at radius 2 is 1.86 bits per heavy atom. The Morgan fingerprint density at radius 1 is 1.14 bits per heavy atom. The van der Waals surface area contributed by atoms with Crippen LogP contribution in [0, 0.1) is 5.92 Å². The van der Waals surface area contributed by atoms with Crippen LogP contribution in [0.5, 0.6) is 0 Å². The van der Waals surface area contributed by atoms with Gasteiger partial charge in [-0.1, -0.05) is 59.0 Å². The molecule has 0 saturated carbocycles. The minimum absolute atomic E-state index is 0.876. The third-order valence-electron chi connectivity index (χ3n) is 2.75. The lowest BCUT2D eigenvalue weighted by Crippen LogP contribution is -1.93. The van der Waals surface area contributed by atoms with Crippen LogP contribution < -0.4 is 0 Å². The van der Waals surface area contributed by atoms with Gasteiger partial charge in [-0.15, -0.1) is 5.73 Å². The van der Waals surface area contributed by atoms with Gasteiger partial charge in [0, 0.05) is 0 Å². The van der Waals surface area contributed by atoms with E-state index in [1.54, 1.807) is 0 Å². The predicted molar refractivity (Wildman–Crippen MR) is 65.5 cm³/mol. The second-order valence-corrected chi connectivity index (χ2v) is 4.29. The van der Waals surface area contributed by atoms with Gasteiger partial charge in [0.2, 0.25) is 0 Å². The molecule has 0 N–H and O–H groups in total. The molecule has 1 atom stereocenters. The van der Waals surface area contributed by atoms with Crippen LogP contribution in [0.3, 0.4) is 0 Å². The Kier molecular flexibility index (Phi) is 10.2. The second kappa shape index (κ2) is 10.6. The van der Waals surface area contributed by atoms with Gasteiger partial charge in [0.25, 0.3) is 0 Å². The second-order valence-electron chi connectivity index (χ2n) is 4.29. The molecule has 0 spiro atoms. The van der Waals surface area contributed by atoms with E-state index < -0.39 is 0 Å². The number of hydrogen-bond acceptors (Lipinski definition) is 0. The number of unbranched alkanes of at least 4 members (excludes halogenated alkanes) is 4. The molecule has 0 aliphatic heterocycles. The van der Waals surface area contributed by atoms with Crippen LogP contribution in [0.4, 0.5) is 0 Å². The highest BCUT2D eigenvalue weighted by Gasteiger charge is 2.00. The van der Waals surface area contributed by atoms with Crippen molar-refractivity contribution in [3.8, 4) is 0 Å². The molecule has 0 bridgehead atoms. The average molecular weight is 194 g/mol. The average Bonchev–Trinajstić information content (AvgIpc) is 2.18. The van der Waals surface area contributed by atoms with Gasteiger partial charge in [0.15, 0.2) is 0 Å². The highest BCUT2D eigenvalue weighted by molar-refractivity contribution is 4.76. The normalized spacial score (nSPS) is 12.1. The lowest BCUT2D eigenvalue weighted by molar-refractivity contribution is 0.461. The molecule has 14 heavy (non-hydrogen) atoms. The van der Waals surface area contributed by atoms with Crippen molar-refractivity contribution in [1.82, 2.24) is 0 Å². The highest BCUT2D eigenvalue weighted by atomic mass is 14.1. The van der Waals surface area contributed by atoms with E-state index >= 15 is 0 Å². The van der Waals surface area contributed by atoms with Gasteiger partial charge >= 0.3 is 0 Å². The summed E-state index contributed by atoms with van der Waals surface area (Å²) in [5, 5.41) is 0. The van der Waals surface area contributed by atoms with Gasteiger partial charge in [-0.25, -0.2) is 0 Å². The molecule has 0 amide bonds. The molecular formula is C14H26. The van der Waals surface area contributed by atoms with Crippen LogP contribution >= 0.6 is 0 Å². The van der Waals surface area contributed by atoms with E-state index in [4.69, 9.17) is 0 Å². The molecule has 0 saturated heterocycles. The smallest absolute Gasteiger partial charge is 0.0272 e. The fraction of sp³-hybridized carbons (Fsp3) is 0.786. The molecule has 0 radical (unpaired) electrons. The molecule has 0 aromatic heterocycles. The predicted octanol–water partition coefficient (Wildman–Crippen LogP) is 5.10. The van der Waals surface area contributed by atoms with E-state index in [2.05, 4.69) is 26.2 Å². The molecule has 82 valence electrons. The molecule has 0 rings (SSSR count). The molecule has 0 aromatic rings. The summed E-state index contributed by atoms with van der Waals surface area (Å²) in [5.41, 5.74) is 2.83. The molecular weight excluding hydrogens is 168 g/mol. The van der Waals surface area contributed by atoms with E-state index in [0.717, 1.165) is 12.3 Å². The third kappa shape index (κ3) is 9.61. The van der Waals surface area contributed by atoms with Crippen LogP contribution in [0.2, 0.25) is 0 Å². The third-order valence-corrected chi connectivity index (χ3v) is 2.75. The zero-order valence-corrected chi connectivity index (χ0v) is 10.0. The van der Waals surface area contributed by atoms with E-state index in [0.29, 0.717) is 0 Å². The van der Waals surface area contributed by atoms with Crippen molar-refractivity contribution in [2.75, 3.05) is 0 Å². The summed E-state index contributed by atoms with van der Waals surface area (Å²) in [6.45, 7) is 8.20. The van der Waals surface area contributed by atoms with Crippen LogP contribution in [-0.4, -0.2) is 0 Å². The van der Waals surface area contributed by atoms with Crippen molar-refractivity contribution in [2.45, 2.75) is 65.2 Å². The zero-order valence-electron chi connectivity index (χ0n) is 10.0. The molecule has 0 nitrogen and oxygen atoms in total. The first-order valence-electron chi connectivity index (χ1n) is 6.15. The highest BCUT2D eigenvalue weighted by Crippen LogP contribution is 2.15. The van der Waals surface area contributed by atoms with Crippen LogP contribution in [0.1, 0.15) is 65.2 Å². The Labute approximate surface area is 90.1 Å². The van der Waals surface area contributed by atoms with Gasteiger partial charge in [0.1, 0.15) is 0 Å². The van der Waals surface area contributed by atoms with Crippen LogP contribution in [0.15, 0.2) is 18.4 Å². The molecule has 0 aliphatic carbocycles. The summed E-state index contributed by atoms with van der Waals surface area (Å²) in [4.78, 5) is 0. The molecule has 0 aliphatic rings. The Hall–Kier alpha value is -0.480. The van der Waals surface area contributed by atoms with Gasteiger partial charge in [-0.3, -0.25) is 0 Å². The number of rotatable bonds is 9. The number of allylic oxidation sites excluding steroid dienone is 1. The van der Waals surface area contributed by atoms with E-state index in [9.17, 15) is 0 Å². The Balaban J connectivity index is 3.17. The number of hydrogen-bond donors (Lipinski definition) is 0. The monoisotopic (exact) mass is 194 g/mol. The van der Waals surface area contributed by atoms with Gasteiger partial charge in [-0.05, 0) is 24.8 Å². The molecule has 0 fully saturated rings. The summed E-state index contributed by atoms with van der Waals surface area (Å²) < 4.78 is 0. The molecule has 0 heterocycles. The van der Waals surface area contributed by atoms with Gasteiger partial charge in [-0.2, -0.15) is 0 Å². The van der Waals surface area contributed by atoms with Crippen molar-refractivity contribution in [1.29, 1.82) is 0 Å². The quantitative estimate of drug-likeness (QED) is 0.353. The Bertz CT molecular complexity index is 151. The Morgan fingerprint density at radius 3 is 2.50 bits per heavy atom. The first kappa shape index (κ1) is 13.5. The lowest BCUT2D eigenvalue weighted by atomic mass is 9.98. The van der Waals surface area contributed by atoms with Crippen molar-refractivity contribution < 1.29 is 0 Å². The van der Waals surface area contributed by atoms with Crippen molar-refractivity contribution in [2.24, 2.45) is 5.92 Å². The van der Waals surface area contributed by atoms with Crippen molar-refractivity contribution in [3.63, 3.8) is 0 Å². The first-order valence-corrected chi connectivity index (χ1v) is 6.15. The van der Waals surface area contributed by atoms with E-state index in [1.807, 2.05) is 6.08 Å². The summed E-state index contributed by atoms with van der Waals surface area (Å²) in [6, 6.07) is 0. The SMILES string of the molecule is C=C=CCCC(C)CCCCCCC. The fourth-order valence-corrected chi connectivity index (χ4v) is 1.71. The standard InChI is InChI=1S/C14H26/c1-4-6-8-9-11-13-14(3)12-10-7-5-2/h7,14H,2,4,6,8-13H2,1,3H3. The van der Waals surface area contributed by atoms with Crippen molar-refractivity contribution in [3.05, 3.63) is 18.4 Å².